The maximum atomic E-state index is 10.1. The standard InChI is InChI=1S/C30H29BClN9/c1-29(2,3)18-37-28-20(14-34)15-36-27-19(13-33)11-21(12-23(27)28)38-30(31,24-8-4-5-9-25(24)32)26-17-41(40-39-26)22-7-6-10-35-16-22/h4-12,15-17,38-40H,18,31H2,1-3H3,(H,36,37). The van der Waals surface area contributed by atoms with E-state index < -0.39 is 5.44 Å². The molecule has 4 N–H and O–H groups in total. The number of hydrogen-bond donors (Lipinski definition) is 4. The van der Waals surface area contributed by atoms with Gasteiger partial charge in [-0.25, -0.2) is 0 Å². The van der Waals surface area contributed by atoms with Crippen molar-refractivity contribution in [3.63, 3.8) is 0 Å². The first-order valence-corrected chi connectivity index (χ1v) is 13.5. The van der Waals surface area contributed by atoms with Crippen molar-refractivity contribution >= 4 is 47.4 Å². The Kier molecular flexibility index (Phi) is 7.46. The van der Waals surface area contributed by atoms with Gasteiger partial charge < -0.3 is 16.1 Å². The van der Waals surface area contributed by atoms with Gasteiger partial charge in [-0.2, -0.15) is 10.5 Å². The zero-order valence-corrected chi connectivity index (χ0v) is 24.0. The molecule has 0 saturated heterocycles. The molecule has 2 aromatic carbocycles. The molecular formula is C30H29BClN9. The van der Waals surface area contributed by atoms with Gasteiger partial charge in [0.15, 0.2) is 0 Å². The van der Waals surface area contributed by atoms with E-state index in [1.165, 1.54) is 6.20 Å². The number of hydrazine groups is 2. The molecule has 2 aromatic heterocycles. The van der Waals surface area contributed by atoms with Crippen LogP contribution in [0.5, 0.6) is 0 Å². The van der Waals surface area contributed by atoms with Gasteiger partial charge in [-0.15, -0.1) is 5.53 Å². The van der Waals surface area contributed by atoms with E-state index in [9.17, 15) is 10.5 Å². The van der Waals surface area contributed by atoms with Crippen LogP contribution in [0.15, 0.2) is 79.0 Å². The summed E-state index contributed by atoms with van der Waals surface area (Å²) in [6, 6.07) is 19.6. The van der Waals surface area contributed by atoms with Crippen LogP contribution < -0.4 is 26.6 Å². The smallest absolute Gasteiger partial charge is 0.148 e. The van der Waals surface area contributed by atoms with Gasteiger partial charge in [0.05, 0.1) is 45.4 Å². The van der Waals surface area contributed by atoms with Crippen molar-refractivity contribution in [2.24, 2.45) is 5.41 Å². The van der Waals surface area contributed by atoms with E-state index in [0.29, 0.717) is 45.0 Å². The second kappa shape index (κ2) is 11.0. The summed E-state index contributed by atoms with van der Waals surface area (Å²) in [5.74, 6) is 0. The summed E-state index contributed by atoms with van der Waals surface area (Å²) in [6.45, 7) is 6.97. The number of fused-ring (bicyclic) bond motifs is 1. The molecule has 1 aliphatic rings. The average Bonchev–Trinajstić information content (AvgIpc) is 3.47. The Hall–Kier alpha value is -4.77. The van der Waals surface area contributed by atoms with E-state index in [1.807, 2.05) is 61.5 Å². The molecule has 0 radical (unpaired) electrons. The van der Waals surface area contributed by atoms with Crippen molar-refractivity contribution < 1.29 is 0 Å². The van der Waals surface area contributed by atoms with E-state index in [4.69, 9.17) is 11.6 Å². The molecule has 204 valence electrons. The largest absolute Gasteiger partial charge is 0.383 e. The lowest BCUT2D eigenvalue weighted by molar-refractivity contribution is 0.443. The highest BCUT2D eigenvalue weighted by atomic mass is 35.5. The van der Waals surface area contributed by atoms with E-state index in [1.54, 1.807) is 18.5 Å². The molecule has 1 unspecified atom stereocenters. The number of pyridine rings is 2. The van der Waals surface area contributed by atoms with Crippen LogP contribution in [0.4, 0.5) is 17.1 Å². The van der Waals surface area contributed by atoms with Crippen LogP contribution in [0.1, 0.15) is 37.5 Å². The van der Waals surface area contributed by atoms with Crippen LogP contribution in [-0.4, -0.2) is 24.4 Å². The van der Waals surface area contributed by atoms with Crippen LogP contribution >= 0.6 is 11.6 Å². The lowest BCUT2D eigenvalue weighted by Gasteiger charge is -2.34. The Morgan fingerprint density at radius 2 is 1.83 bits per heavy atom. The molecule has 4 aromatic rings. The first kappa shape index (κ1) is 27.8. The maximum Gasteiger partial charge on any atom is 0.148 e. The Bertz CT molecular complexity index is 1720. The topological polar surface area (TPSA) is 125 Å². The summed E-state index contributed by atoms with van der Waals surface area (Å²) < 4.78 is 0. The van der Waals surface area contributed by atoms with Crippen molar-refractivity contribution in [2.75, 3.05) is 22.2 Å². The van der Waals surface area contributed by atoms with Gasteiger partial charge in [-0.1, -0.05) is 50.6 Å². The predicted octanol–water partition coefficient (Wildman–Crippen LogP) is 4.75. The first-order chi connectivity index (χ1) is 19.6. The zero-order chi connectivity index (χ0) is 29.2. The highest BCUT2D eigenvalue weighted by Crippen LogP contribution is 2.38. The molecule has 9 nitrogen and oxygen atoms in total. The second-order valence-electron chi connectivity index (χ2n) is 11.2. The number of rotatable bonds is 7. The third-order valence-electron chi connectivity index (χ3n) is 6.85. The van der Waals surface area contributed by atoms with Gasteiger partial charge in [-0.05, 0) is 41.3 Å². The van der Waals surface area contributed by atoms with E-state index in [2.05, 4.69) is 64.5 Å². The van der Waals surface area contributed by atoms with Crippen LogP contribution in [0.25, 0.3) is 10.9 Å². The number of aromatic nitrogens is 2. The summed E-state index contributed by atoms with van der Waals surface area (Å²) in [6.07, 6.45) is 6.92. The third kappa shape index (κ3) is 5.62. The molecule has 41 heavy (non-hydrogen) atoms. The number of nitrogens with one attached hydrogen (secondary N) is 4. The molecule has 0 spiro atoms. The van der Waals surface area contributed by atoms with Gasteiger partial charge in [0, 0.05) is 41.2 Å². The second-order valence-corrected chi connectivity index (χ2v) is 11.6. The molecule has 0 amide bonds. The molecule has 5 rings (SSSR count). The summed E-state index contributed by atoms with van der Waals surface area (Å²) in [5, 5.41) is 30.1. The highest BCUT2D eigenvalue weighted by molar-refractivity contribution is 6.33. The minimum atomic E-state index is -0.873. The minimum Gasteiger partial charge on any atom is -0.383 e. The number of benzene rings is 2. The molecule has 0 saturated carbocycles. The maximum absolute atomic E-state index is 10.1. The Morgan fingerprint density at radius 3 is 2.51 bits per heavy atom. The lowest BCUT2D eigenvalue weighted by atomic mass is 9.69. The normalized spacial score (nSPS) is 14.4. The summed E-state index contributed by atoms with van der Waals surface area (Å²) in [4.78, 5) is 8.69. The summed E-state index contributed by atoms with van der Waals surface area (Å²) in [5.41, 5.74) is 10.6. The monoisotopic (exact) mass is 561 g/mol. The van der Waals surface area contributed by atoms with Crippen molar-refractivity contribution in [1.82, 2.24) is 20.9 Å². The molecule has 0 bridgehead atoms. The SMILES string of the molecule is BC(Nc1cc(C#N)c2ncc(C#N)c(NCC(C)(C)C)c2c1)(C1=CN(c2cccnc2)NN1)c1ccccc1Cl. The van der Waals surface area contributed by atoms with Gasteiger partial charge in [0.25, 0.3) is 0 Å². The van der Waals surface area contributed by atoms with E-state index >= 15 is 0 Å². The minimum absolute atomic E-state index is 0.0351. The van der Waals surface area contributed by atoms with Crippen LogP contribution in [0.2, 0.25) is 5.02 Å². The fourth-order valence-corrected chi connectivity index (χ4v) is 5.05. The van der Waals surface area contributed by atoms with Crippen LogP contribution in [-0.2, 0) is 5.44 Å². The van der Waals surface area contributed by atoms with E-state index in [-0.39, 0.29) is 5.41 Å². The first-order valence-electron chi connectivity index (χ1n) is 13.1. The lowest BCUT2D eigenvalue weighted by Crippen LogP contribution is -2.45. The van der Waals surface area contributed by atoms with Gasteiger partial charge in [-0.3, -0.25) is 15.0 Å². The molecule has 11 heteroatoms. The number of nitrogens with zero attached hydrogens (tertiary/aromatic N) is 5. The molecule has 0 aliphatic carbocycles. The molecule has 1 aliphatic heterocycles. The van der Waals surface area contributed by atoms with Crippen molar-refractivity contribution in [3.8, 4) is 12.1 Å². The van der Waals surface area contributed by atoms with Crippen molar-refractivity contribution in [1.29, 1.82) is 10.5 Å². The fourth-order valence-electron chi connectivity index (χ4n) is 4.73. The number of anilines is 3. The average molecular weight is 562 g/mol. The third-order valence-corrected chi connectivity index (χ3v) is 7.18. The Labute approximate surface area is 245 Å². The van der Waals surface area contributed by atoms with E-state index in [0.717, 1.165) is 16.9 Å². The number of halogens is 1. The Morgan fingerprint density at radius 1 is 1.05 bits per heavy atom. The molecular weight excluding hydrogens is 533 g/mol. The van der Waals surface area contributed by atoms with Crippen LogP contribution in [0, 0.1) is 28.1 Å². The van der Waals surface area contributed by atoms with Gasteiger partial charge in [0.1, 0.15) is 20.0 Å². The predicted molar refractivity (Wildman–Crippen MR) is 165 cm³/mol. The van der Waals surface area contributed by atoms with Crippen molar-refractivity contribution in [3.05, 3.63) is 101 Å². The number of nitriles is 2. The zero-order valence-electron chi connectivity index (χ0n) is 23.2. The highest BCUT2D eigenvalue weighted by Gasteiger charge is 2.36. The quantitative estimate of drug-likeness (QED) is 0.237. The summed E-state index contributed by atoms with van der Waals surface area (Å²) >= 11 is 6.76. The molecule has 1 atom stereocenters. The summed E-state index contributed by atoms with van der Waals surface area (Å²) in [7, 11) is 2.01. The number of hydrogen-bond acceptors (Lipinski definition) is 9. The van der Waals surface area contributed by atoms with Crippen molar-refractivity contribution in [2.45, 2.75) is 26.2 Å². The fraction of sp³-hybridized carbons (Fsp3) is 0.200. The molecule has 0 fully saturated rings. The Balaban J connectivity index is 1.65. The van der Waals surface area contributed by atoms with Crippen LogP contribution in [0.3, 0.4) is 0 Å². The molecule has 3 heterocycles. The van der Waals surface area contributed by atoms with Gasteiger partial charge >= 0.3 is 0 Å². The van der Waals surface area contributed by atoms with Gasteiger partial charge in [0.2, 0.25) is 0 Å².